The maximum absolute atomic E-state index is 4.09. The van der Waals surface area contributed by atoms with Gasteiger partial charge in [-0.3, -0.25) is 0 Å². The van der Waals surface area contributed by atoms with Crippen molar-refractivity contribution < 1.29 is 0 Å². The number of fused-ring (bicyclic) bond motifs is 15. The van der Waals surface area contributed by atoms with Crippen LogP contribution >= 0.6 is 0 Å². The van der Waals surface area contributed by atoms with Crippen LogP contribution < -0.4 is 0 Å². The molecule has 89 heavy (non-hydrogen) atoms. The molecule has 0 bridgehead atoms. The van der Waals surface area contributed by atoms with E-state index in [-0.39, 0.29) is 10.8 Å². The summed E-state index contributed by atoms with van der Waals surface area (Å²) in [5.41, 5.74) is 33.5. The minimum absolute atomic E-state index is 0.263. The highest BCUT2D eigenvalue weighted by Gasteiger charge is 2.53. The maximum Gasteiger partial charge on any atom is 0.0716 e. The monoisotopic (exact) mass is 1140 g/mol. The summed E-state index contributed by atoms with van der Waals surface area (Å²) in [6, 6.07) is 77.7. The van der Waals surface area contributed by atoms with Crippen LogP contribution in [0.5, 0.6) is 0 Å². The third-order valence-electron chi connectivity index (χ3n) is 21.7. The van der Waals surface area contributed by atoms with Gasteiger partial charge in [-0.2, -0.15) is 0 Å². The van der Waals surface area contributed by atoms with E-state index in [1.807, 2.05) is 6.08 Å². The van der Waals surface area contributed by atoms with Crippen molar-refractivity contribution in [3.63, 3.8) is 0 Å². The van der Waals surface area contributed by atoms with E-state index < -0.39 is 0 Å². The first-order valence-electron chi connectivity index (χ1n) is 32.9. The molecule has 0 heteroatoms. The zero-order valence-electron chi connectivity index (χ0n) is 51.7. The van der Waals surface area contributed by atoms with Crippen molar-refractivity contribution in [2.24, 2.45) is 17.8 Å². The molecule has 0 fully saturated rings. The second-order valence-corrected chi connectivity index (χ2v) is 26.4. The van der Waals surface area contributed by atoms with Crippen molar-refractivity contribution in [3.8, 4) is 22.3 Å². The van der Waals surface area contributed by atoms with E-state index in [2.05, 4.69) is 294 Å². The average Bonchev–Trinajstić information content (AvgIpc) is 1.60. The first kappa shape index (κ1) is 55.0. The molecule has 8 aliphatic carbocycles. The van der Waals surface area contributed by atoms with Crippen molar-refractivity contribution in [1.82, 2.24) is 0 Å². The van der Waals surface area contributed by atoms with Crippen LogP contribution in [0, 0.1) is 24.7 Å². The Morgan fingerprint density at radius 1 is 0.551 bits per heavy atom. The largest absolute Gasteiger partial charge is 0.0985 e. The van der Waals surface area contributed by atoms with Crippen LogP contribution in [-0.2, 0) is 23.7 Å². The molecule has 1 spiro atoms. The van der Waals surface area contributed by atoms with Crippen molar-refractivity contribution in [2.45, 2.75) is 88.9 Å². The van der Waals surface area contributed by atoms with Crippen LogP contribution in [0.2, 0.25) is 0 Å². The van der Waals surface area contributed by atoms with E-state index in [0.29, 0.717) is 23.7 Å². The molecule has 5 unspecified atom stereocenters. The van der Waals surface area contributed by atoms with E-state index in [0.717, 1.165) is 51.4 Å². The molecule has 432 valence electrons. The topological polar surface area (TPSA) is 0 Å². The van der Waals surface area contributed by atoms with Crippen molar-refractivity contribution >= 4 is 16.3 Å². The lowest BCUT2D eigenvalue weighted by Crippen LogP contribution is -2.39. The van der Waals surface area contributed by atoms with Gasteiger partial charge in [0.15, 0.2) is 0 Å². The smallest absolute Gasteiger partial charge is 0.0716 e. The standard InChI is InChI=1S/C63H56.C26H20/c1-4-44-14-5-7-16-51(44)50-33-31-48(37-41(50)3)45-27-23-42(24-28-45)38-43-25-29-47(30-26-43)53-19-12-22-61-62(53)55-18-9-10-21-58(55)63(61)59-35-32-46-15-6-8-17-52(46)56(59)39-57-54-20-11-13-40(2)49(54)34-36-60(57)63;1-19-16-17-23-22-14-8-9-15-24(22)26(25(23)18-19,20-10-4-2-5-11-20)21-12-6-3-7-13-21/h4-6,8-12,14-15,17-29,32,34-37,40,47,49,54H,1,7,13,16,30-31,33,38-39H2,2-3H3;2-18H,1H3. The maximum atomic E-state index is 4.09. The first-order chi connectivity index (χ1) is 43.8. The number of aryl methyl sites for hydroxylation is 1. The number of rotatable bonds is 8. The lowest BCUT2D eigenvalue weighted by molar-refractivity contribution is 0.343. The summed E-state index contributed by atoms with van der Waals surface area (Å²) < 4.78 is 0. The van der Waals surface area contributed by atoms with Gasteiger partial charge in [-0.1, -0.05) is 298 Å². The molecular weight excluding hydrogens is 1070 g/mol. The van der Waals surface area contributed by atoms with Crippen LogP contribution in [0.25, 0.3) is 38.6 Å². The highest BCUT2D eigenvalue weighted by molar-refractivity contribution is 5.95. The van der Waals surface area contributed by atoms with Gasteiger partial charge in [0.05, 0.1) is 10.8 Å². The molecule has 0 N–H and O–H groups in total. The molecule has 9 aromatic carbocycles. The van der Waals surface area contributed by atoms with E-state index in [1.54, 1.807) is 5.57 Å². The van der Waals surface area contributed by atoms with E-state index >= 15 is 0 Å². The van der Waals surface area contributed by atoms with Gasteiger partial charge in [0.2, 0.25) is 0 Å². The predicted octanol–water partition coefficient (Wildman–Crippen LogP) is 22.3. The van der Waals surface area contributed by atoms with Crippen LogP contribution in [0.4, 0.5) is 0 Å². The van der Waals surface area contributed by atoms with E-state index in [1.165, 1.54) is 139 Å². The highest BCUT2D eigenvalue weighted by atomic mass is 14.6. The normalized spacial score (nSPS) is 22.1. The summed E-state index contributed by atoms with van der Waals surface area (Å²) in [4.78, 5) is 0. The Labute approximate surface area is 527 Å². The first-order valence-corrected chi connectivity index (χ1v) is 32.9. The fraction of sp³-hybridized carbons (Fsp3) is 0.191. The molecule has 0 nitrogen and oxygen atoms in total. The second kappa shape index (κ2) is 22.3. The Bertz CT molecular complexity index is 4610. The zero-order chi connectivity index (χ0) is 59.8. The quantitative estimate of drug-likeness (QED) is 0.133. The summed E-state index contributed by atoms with van der Waals surface area (Å²) in [6.07, 6.45) is 35.2. The SMILES string of the molecule is C=CC1=C(C2=C(C)C=C(c3ccc(CC4=CCC(c5cccc6c5-c5ccccc5C65C6=C(Cc7c5ccc5ccccc75)C5C=CCC(C)C5C=C6)C=C4)cc3)CC2)CCC=C1.Cc1ccc2c(c1)C(c1ccccc1)(c1ccccc1)c1ccccc1-2. The van der Waals surface area contributed by atoms with Gasteiger partial charge >= 0.3 is 0 Å². The lowest BCUT2D eigenvalue weighted by atomic mass is 9.56. The van der Waals surface area contributed by atoms with Crippen molar-refractivity contribution in [3.05, 3.63) is 385 Å². The summed E-state index contributed by atoms with van der Waals surface area (Å²) in [5, 5.41) is 2.75. The molecular formula is C89H76. The molecule has 0 aliphatic heterocycles. The van der Waals surface area contributed by atoms with Crippen LogP contribution in [0.1, 0.15) is 125 Å². The van der Waals surface area contributed by atoms with Gasteiger partial charge in [0, 0.05) is 11.8 Å². The molecule has 0 radical (unpaired) electrons. The Kier molecular flexibility index (Phi) is 13.8. The molecule has 0 heterocycles. The third-order valence-corrected chi connectivity index (χ3v) is 21.7. The van der Waals surface area contributed by atoms with Gasteiger partial charge in [0.25, 0.3) is 0 Å². The van der Waals surface area contributed by atoms with Gasteiger partial charge in [-0.15, -0.1) is 0 Å². The average molecular weight is 1150 g/mol. The highest BCUT2D eigenvalue weighted by Crippen LogP contribution is 2.64. The zero-order valence-corrected chi connectivity index (χ0v) is 51.7. The van der Waals surface area contributed by atoms with E-state index in [4.69, 9.17) is 0 Å². The van der Waals surface area contributed by atoms with E-state index in [9.17, 15) is 0 Å². The fourth-order valence-electron chi connectivity index (χ4n) is 17.6. The van der Waals surface area contributed by atoms with Gasteiger partial charge in [-0.25, -0.2) is 0 Å². The molecule has 0 saturated carbocycles. The van der Waals surface area contributed by atoms with Crippen LogP contribution in [0.3, 0.4) is 0 Å². The molecule has 8 aliphatic rings. The van der Waals surface area contributed by atoms with Gasteiger partial charge in [-0.05, 0) is 210 Å². The second-order valence-electron chi connectivity index (χ2n) is 26.4. The molecule has 0 saturated heterocycles. The van der Waals surface area contributed by atoms with Crippen molar-refractivity contribution in [2.75, 3.05) is 0 Å². The molecule has 17 rings (SSSR count). The Morgan fingerprint density at radius 3 is 2.03 bits per heavy atom. The summed E-state index contributed by atoms with van der Waals surface area (Å²) in [5.74, 6) is 1.95. The fourth-order valence-corrected chi connectivity index (χ4v) is 17.6. The van der Waals surface area contributed by atoms with Gasteiger partial charge < -0.3 is 0 Å². The number of benzene rings is 9. The predicted molar refractivity (Wildman–Crippen MR) is 374 cm³/mol. The number of hydrogen-bond acceptors (Lipinski definition) is 0. The van der Waals surface area contributed by atoms with Crippen molar-refractivity contribution in [1.29, 1.82) is 0 Å². The minimum atomic E-state index is -0.360. The van der Waals surface area contributed by atoms with Crippen LogP contribution in [-0.4, -0.2) is 0 Å². The molecule has 9 aromatic rings. The lowest BCUT2D eigenvalue weighted by Gasteiger charge is -2.47. The summed E-state index contributed by atoms with van der Waals surface area (Å²) >= 11 is 0. The number of hydrogen-bond donors (Lipinski definition) is 0. The molecule has 0 aromatic heterocycles. The molecule has 5 atom stereocenters. The third kappa shape index (κ3) is 8.84. The summed E-state index contributed by atoms with van der Waals surface area (Å²) in [6.45, 7) is 11.0. The Hall–Kier alpha value is -9.36. The molecule has 0 amide bonds. The van der Waals surface area contributed by atoms with Crippen LogP contribution in [0.15, 0.2) is 319 Å². The number of allylic oxidation sites excluding steroid dienone is 19. The Balaban J connectivity index is 0.000000203. The summed E-state index contributed by atoms with van der Waals surface area (Å²) in [7, 11) is 0. The van der Waals surface area contributed by atoms with Gasteiger partial charge in [0.1, 0.15) is 0 Å². The Morgan fingerprint density at radius 2 is 1.27 bits per heavy atom. The minimum Gasteiger partial charge on any atom is -0.0985 e.